The standard InChI is InChI=1S/C22H31N3O/c1-17(2)19-10-8-18(9-11-19)12-13-23-22(26)16-25-15-5-7-21(25)20-6-4-14-24(20)3/h4,6,8-11,14,17,21H,5,7,12-13,15-16H2,1-3H3,(H,23,26)/t21-/m1/s1. The number of amides is 1. The molecule has 1 aliphatic heterocycles. The third-order valence-electron chi connectivity index (χ3n) is 5.42. The van der Waals surface area contributed by atoms with E-state index in [2.05, 4.69) is 78.3 Å². The molecule has 0 unspecified atom stereocenters. The van der Waals surface area contributed by atoms with Gasteiger partial charge in [0, 0.05) is 25.5 Å². The predicted molar refractivity (Wildman–Crippen MR) is 106 cm³/mol. The van der Waals surface area contributed by atoms with Crippen LogP contribution in [0.4, 0.5) is 0 Å². The van der Waals surface area contributed by atoms with Gasteiger partial charge in [-0.05, 0) is 55.0 Å². The number of carbonyl (C=O) groups excluding carboxylic acids is 1. The van der Waals surface area contributed by atoms with Crippen molar-refractivity contribution >= 4 is 5.91 Å². The minimum atomic E-state index is 0.130. The van der Waals surface area contributed by atoms with Crippen molar-refractivity contribution in [3.8, 4) is 0 Å². The highest BCUT2D eigenvalue weighted by molar-refractivity contribution is 5.78. The van der Waals surface area contributed by atoms with Gasteiger partial charge in [0.2, 0.25) is 5.91 Å². The van der Waals surface area contributed by atoms with E-state index in [4.69, 9.17) is 0 Å². The molecule has 1 atom stereocenters. The van der Waals surface area contributed by atoms with Gasteiger partial charge >= 0.3 is 0 Å². The van der Waals surface area contributed by atoms with Crippen LogP contribution in [-0.2, 0) is 18.3 Å². The lowest BCUT2D eigenvalue weighted by Crippen LogP contribution is -2.38. The maximum Gasteiger partial charge on any atom is 0.234 e. The second kappa shape index (κ2) is 8.54. The average molecular weight is 354 g/mol. The minimum Gasteiger partial charge on any atom is -0.355 e. The zero-order valence-electron chi connectivity index (χ0n) is 16.2. The molecule has 1 aromatic heterocycles. The van der Waals surface area contributed by atoms with E-state index in [1.165, 1.54) is 16.8 Å². The molecule has 1 N–H and O–H groups in total. The van der Waals surface area contributed by atoms with E-state index in [-0.39, 0.29) is 5.91 Å². The summed E-state index contributed by atoms with van der Waals surface area (Å²) in [6.45, 7) is 6.59. The molecule has 3 rings (SSSR count). The third-order valence-corrected chi connectivity index (χ3v) is 5.42. The van der Waals surface area contributed by atoms with Crippen LogP contribution in [0.2, 0.25) is 0 Å². The van der Waals surface area contributed by atoms with Gasteiger partial charge in [-0.3, -0.25) is 9.69 Å². The van der Waals surface area contributed by atoms with Crippen LogP contribution in [0.5, 0.6) is 0 Å². The van der Waals surface area contributed by atoms with Gasteiger partial charge in [-0.2, -0.15) is 0 Å². The smallest absolute Gasteiger partial charge is 0.234 e. The molecule has 1 amide bonds. The Bertz CT molecular complexity index is 717. The van der Waals surface area contributed by atoms with E-state index in [9.17, 15) is 4.79 Å². The third kappa shape index (κ3) is 4.55. The second-order valence-electron chi connectivity index (χ2n) is 7.67. The SMILES string of the molecule is CC(C)c1ccc(CCNC(=O)CN2CCC[C@@H]2c2cccn2C)cc1. The molecule has 4 heteroatoms. The van der Waals surface area contributed by atoms with E-state index in [1.807, 2.05) is 0 Å². The monoisotopic (exact) mass is 353 g/mol. The molecule has 2 aromatic rings. The van der Waals surface area contributed by atoms with Gasteiger partial charge in [-0.25, -0.2) is 0 Å². The van der Waals surface area contributed by atoms with Gasteiger partial charge in [0.05, 0.1) is 12.6 Å². The molecule has 0 radical (unpaired) electrons. The van der Waals surface area contributed by atoms with E-state index in [0.29, 0.717) is 25.0 Å². The summed E-state index contributed by atoms with van der Waals surface area (Å²) in [7, 11) is 2.08. The summed E-state index contributed by atoms with van der Waals surface area (Å²) >= 11 is 0. The number of aryl methyl sites for hydroxylation is 1. The fraction of sp³-hybridized carbons (Fsp3) is 0.500. The average Bonchev–Trinajstić information content (AvgIpc) is 3.23. The highest BCUT2D eigenvalue weighted by Crippen LogP contribution is 2.31. The Hall–Kier alpha value is -2.07. The van der Waals surface area contributed by atoms with Crippen molar-refractivity contribution in [2.45, 2.75) is 45.1 Å². The molecule has 1 fully saturated rings. The van der Waals surface area contributed by atoms with Crippen LogP contribution in [0.15, 0.2) is 42.6 Å². The van der Waals surface area contributed by atoms with Gasteiger partial charge in [0.1, 0.15) is 0 Å². The van der Waals surface area contributed by atoms with Gasteiger partial charge in [0.15, 0.2) is 0 Å². The summed E-state index contributed by atoms with van der Waals surface area (Å²) in [6.07, 6.45) is 5.25. The molecule has 1 aromatic carbocycles. The predicted octanol–water partition coefficient (Wildman–Crippen LogP) is 3.64. The van der Waals surface area contributed by atoms with E-state index in [1.54, 1.807) is 0 Å². The van der Waals surface area contributed by atoms with E-state index >= 15 is 0 Å². The minimum absolute atomic E-state index is 0.130. The topological polar surface area (TPSA) is 37.3 Å². The van der Waals surface area contributed by atoms with Crippen LogP contribution < -0.4 is 5.32 Å². The first-order valence-electron chi connectivity index (χ1n) is 9.75. The summed E-state index contributed by atoms with van der Waals surface area (Å²) in [4.78, 5) is 14.7. The van der Waals surface area contributed by atoms with Crippen LogP contribution in [0, 0.1) is 0 Å². The first-order chi connectivity index (χ1) is 12.5. The van der Waals surface area contributed by atoms with Crippen LogP contribution in [0.3, 0.4) is 0 Å². The fourth-order valence-electron chi connectivity index (χ4n) is 3.83. The number of benzene rings is 1. The molecule has 1 saturated heterocycles. The number of nitrogens with zero attached hydrogens (tertiary/aromatic N) is 2. The highest BCUT2D eigenvalue weighted by Gasteiger charge is 2.28. The Morgan fingerprint density at radius 1 is 1.23 bits per heavy atom. The van der Waals surface area contributed by atoms with E-state index in [0.717, 1.165) is 25.8 Å². The van der Waals surface area contributed by atoms with Crippen LogP contribution in [0.25, 0.3) is 0 Å². The first kappa shape index (κ1) is 18.7. The lowest BCUT2D eigenvalue weighted by atomic mass is 10.0. The molecule has 0 spiro atoms. The summed E-state index contributed by atoms with van der Waals surface area (Å²) < 4.78 is 2.17. The number of likely N-dealkylation sites (tertiary alicyclic amines) is 1. The van der Waals surface area contributed by atoms with Crippen LogP contribution in [-0.4, -0.2) is 35.0 Å². The van der Waals surface area contributed by atoms with Crippen LogP contribution >= 0.6 is 0 Å². The van der Waals surface area contributed by atoms with Crippen molar-refractivity contribution in [2.75, 3.05) is 19.6 Å². The van der Waals surface area contributed by atoms with Crippen molar-refractivity contribution in [3.63, 3.8) is 0 Å². The molecule has 0 aliphatic carbocycles. The molecular weight excluding hydrogens is 322 g/mol. The number of carbonyl (C=O) groups is 1. The van der Waals surface area contributed by atoms with Crippen molar-refractivity contribution in [1.29, 1.82) is 0 Å². The normalized spacial score (nSPS) is 17.8. The lowest BCUT2D eigenvalue weighted by Gasteiger charge is -2.24. The number of aromatic nitrogens is 1. The van der Waals surface area contributed by atoms with Crippen LogP contribution in [0.1, 0.15) is 55.5 Å². The molecule has 1 aliphatic rings. The molecule has 2 heterocycles. The number of nitrogens with one attached hydrogen (secondary N) is 1. The Morgan fingerprint density at radius 3 is 2.65 bits per heavy atom. The molecule has 4 nitrogen and oxygen atoms in total. The van der Waals surface area contributed by atoms with Gasteiger partial charge < -0.3 is 9.88 Å². The first-order valence-corrected chi connectivity index (χ1v) is 9.75. The Morgan fingerprint density at radius 2 is 2.00 bits per heavy atom. The number of hydrogen-bond donors (Lipinski definition) is 1. The molecule has 26 heavy (non-hydrogen) atoms. The van der Waals surface area contributed by atoms with E-state index < -0.39 is 0 Å². The summed E-state index contributed by atoms with van der Waals surface area (Å²) in [5.41, 5.74) is 3.94. The molecule has 0 bridgehead atoms. The maximum atomic E-state index is 12.4. The van der Waals surface area contributed by atoms with Gasteiger partial charge in [-0.1, -0.05) is 38.1 Å². The van der Waals surface area contributed by atoms with Gasteiger partial charge in [-0.15, -0.1) is 0 Å². The quantitative estimate of drug-likeness (QED) is 0.825. The maximum absolute atomic E-state index is 12.4. The number of hydrogen-bond acceptors (Lipinski definition) is 2. The fourth-order valence-corrected chi connectivity index (χ4v) is 3.83. The zero-order chi connectivity index (χ0) is 18.5. The summed E-state index contributed by atoms with van der Waals surface area (Å²) in [5, 5.41) is 3.09. The van der Waals surface area contributed by atoms with Crippen molar-refractivity contribution in [3.05, 3.63) is 59.4 Å². The second-order valence-corrected chi connectivity index (χ2v) is 7.67. The number of rotatable bonds is 7. The van der Waals surface area contributed by atoms with Crippen molar-refractivity contribution < 1.29 is 4.79 Å². The Labute approximate surface area is 157 Å². The summed E-state index contributed by atoms with van der Waals surface area (Å²) in [5.74, 6) is 0.686. The van der Waals surface area contributed by atoms with Crippen molar-refractivity contribution in [2.24, 2.45) is 7.05 Å². The van der Waals surface area contributed by atoms with Crippen molar-refractivity contribution in [1.82, 2.24) is 14.8 Å². The highest BCUT2D eigenvalue weighted by atomic mass is 16.2. The largest absolute Gasteiger partial charge is 0.355 e. The molecule has 0 saturated carbocycles. The van der Waals surface area contributed by atoms with Gasteiger partial charge in [0.25, 0.3) is 0 Å². The zero-order valence-corrected chi connectivity index (χ0v) is 16.2. The lowest BCUT2D eigenvalue weighted by molar-refractivity contribution is -0.122. The summed E-state index contributed by atoms with van der Waals surface area (Å²) in [6, 6.07) is 13.3. The Kier molecular flexibility index (Phi) is 6.15. The molecular formula is C22H31N3O. The molecule has 140 valence electrons. The Balaban J connectivity index is 1.46.